The number of ether oxygens (including phenoxy) is 1. The Morgan fingerprint density at radius 2 is 2.05 bits per heavy atom. The van der Waals surface area contributed by atoms with Gasteiger partial charge in [-0.2, -0.15) is 0 Å². The summed E-state index contributed by atoms with van der Waals surface area (Å²) in [4.78, 5) is 22.3. The number of carbonyl (C=O) groups excluding carboxylic acids is 1. The minimum absolute atomic E-state index is 0.0199. The van der Waals surface area contributed by atoms with Gasteiger partial charge in [0.1, 0.15) is 5.69 Å². The molecular formula is C15H19N3O4. The lowest BCUT2D eigenvalue weighted by atomic mass is 9.87. The number of benzene rings is 1. The van der Waals surface area contributed by atoms with Crippen LogP contribution in [0, 0.1) is 16.0 Å². The third-order valence-electron chi connectivity index (χ3n) is 4.30. The van der Waals surface area contributed by atoms with Gasteiger partial charge in [-0.15, -0.1) is 0 Å². The summed E-state index contributed by atoms with van der Waals surface area (Å²) in [5.74, 6) is 0.803. The van der Waals surface area contributed by atoms with Gasteiger partial charge < -0.3 is 15.4 Å². The van der Waals surface area contributed by atoms with Crippen LogP contribution in [0.4, 0.5) is 17.1 Å². The first-order chi connectivity index (χ1) is 10.5. The number of nitrogens with zero attached hydrogens (tertiary/aromatic N) is 1. The standard InChI is InChI=1S/C15H19N3O4/c1-9-2-4-10(5-3-9)16-11-6-12-14(7-13(11)18(20)21)22-8-15(19)17-12/h6-7,9-10,16H,2-5,8H2,1H3,(H,17,19). The summed E-state index contributed by atoms with van der Waals surface area (Å²) in [6.07, 6.45) is 4.24. The maximum atomic E-state index is 11.4. The van der Waals surface area contributed by atoms with Gasteiger partial charge in [-0.05, 0) is 37.7 Å². The Morgan fingerprint density at radius 1 is 1.32 bits per heavy atom. The quantitative estimate of drug-likeness (QED) is 0.661. The molecule has 0 unspecified atom stereocenters. The molecule has 1 saturated carbocycles. The molecule has 118 valence electrons. The molecule has 1 aliphatic carbocycles. The summed E-state index contributed by atoms with van der Waals surface area (Å²) < 4.78 is 5.24. The van der Waals surface area contributed by atoms with E-state index in [0.717, 1.165) is 25.7 Å². The monoisotopic (exact) mass is 305 g/mol. The highest BCUT2D eigenvalue weighted by atomic mass is 16.6. The fourth-order valence-electron chi connectivity index (χ4n) is 3.01. The molecule has 0 atom stereocenters. The molecule has 1 aromatic carbocycles. The van der Waals surface area contributed by atoms with Gasteiger partial charge in [0.25, 0.3) is 11.6 Å². The predicted molar refractivity (Wildman–Crippen MR) is 82.3 cm³/mol. The molecule has 1 amide bonds. The first-order valence-corrected chi connectivity index (χ1v) is 7.54. The molecule has 22 heavy (non-hydrogen) atoms. The minimum Gasteiger partial charge on any atom is -0.481 e. The van der Waals surface area contributed by atoms with Crippen LogP contribution < -0.4 is 15.4 Å². The van der Waals surface area contributed by atoms with Crippen molar-refractivity contribution in [1.82, 2.24) is 0 Å². The van der Waals surface area contributed by atoms with Crippen molar-refractivity contribution in [3.8, 4) is 5.75 Å². The molecule has 2 aliphatic rings. The molecule has 3 rings (SSSR count). The van der Waals surface area contributed by atoms with Crippen molar-refractivity contribution in [2.45, 2.75) is 38.6 Å². The van der Waals surface area contributed by atoms with Crippen LogP contribution in [0.5, 0.6) is 5.75 Å². The molecule has 0 radical (unpaired) electrons. The van der Waals surface area contributed by atoms with Gasteiger partial charge in [-0.25, -0.2) is 0 Å². The van der Waals surface area contributed by atoms with Gasteiger partial charge in [0, 0.05) is 6.04 Å². The number of amides is 1. The predicted octanol–water partition coefficient (Wildman–Crippen LogP) is 2.92. The molecular weight excluding hydrogens is 286 g/mol. The van der Waals surface area contributed by atoms with E-state index in [0.29, 0.717) is 23.0 Å². The highest BCUT2D eigenvalue weighted by Crippen LogP contribution is 2.39. The Bertz CT molecular complexity index is 609. The third-order valence-corrected chi connectivity index (χ3v) is 4.30. The van der Waals surface area contributed by atoms with E-state index < -0.39 is 4.92 Å². The Morgan fingerprint density at radius 3 is 2.73 bits per heavy atom. The third kappa shape index (κ3) is 2.98. The molecule has 2 N–H and O–H groups in total. The van der Waals surface area contributed by atoms with E-state index in [1.54, 1.807) is 6.07 Å². The number of hydrogen-bond acceptors (Lipinski definition) is 5. The Balaban J connectivity index is 1.86. The molecule has 0 saturated heterocycles. The van der Waals surface area contributed by atoms with Crippen LogP contribution >= 0.6 is 0 Å². The van der Waals surface area contributed by atoms with E-state index in [1.807, 2.05) is 0 Å². The van der Waals surface area contributed by atoms with Crippen molar-refractivity contribution in [3.05, 3.63) is 22.2 Å². The lowest BCUT2D eigenvalue weighted by Crippen LogP contribution is -2.27. The number of rotatable bonds is 3. The zero-order valence-electron chi connectivity index (χ0n) is 12.4. The van der Waals surface area contributed by atoms with Crippen LogP contribution in [0.2, 0.25) is 0 Å². The van der Waals surface area contributed by atoms with E-state index in [1.165, 1.54) is 6.07 Å². The van der Waals surface area contributed by atoms with Crippen molar-refractivity contribution >= 4 is 23.0 Å². The smallest absolute Gasteiger partial charge is 0.296 e. The maximum Gasteiger partial charge on any atom is 0.296 e. The van der Waals surface area contributed by atoms with Gasteiger partial charge in [0.05, 0.1) is 16.7 Å². The lowest BCUT2D eigenvalue weighted by Gasteiger charge is -2.28. The summed E-state index contributed by atoms with van der Waals surface area (Å²) in [5.41, 5.74) is 0.899. The number of carbonyl (C=O) groups is 1. The van der Waals surface area contributed by atoms with E-state index in [9.17, 15) is 14.9 Å². The Labute approximate surface area is 128 Å². The molecule has 1 fully saturated rings. The van der Waals surface area contributed by atoms with Gasteiger partial charge in [0.2, 0.25) is 0 Å². The summed E-state index contributed by atoms with van der Waals surface area (Å²) in [7, 11) is 0. The summed E-state index contributed by atoms with van der Waals surface area (Å²) in [5, 5.41) is 17.2. The highest BCUT2D eigenvalue weighted by molar-refractivity contribution is 5.96. The first-order valence-electron chi connectivity index (χ1n) is 7.54. The second-order valence-electron chi connectivity index (χ2n) is 6.06. The molecule has 0 aromatic heterocycles. The van der Waals surface area contributed by atoms with Crippen molar-refractivity contribution in [1.29, 1.82) is 0 Å². The van der Waals surface area contributed by atoms with Crippen molar-refractivity contribution in [3.63, 3.8) is 0 Å². The van der Waals surface area contributed by atoms with Crippen LogP contribution in [0.1, 0.15) is 32.6 Å². The fraction of sp³-hybridized carbons (Fsp3) is 0.533. The molecule has 1 aliphatic heterocycles. The van der Waals surface area contributed by atoms with Crippen molar-refractivity contribution in [2.24, 2.45) is 5.92 Å². The number of nitro groups is 1. The average Bonchev–Trinajstić information content (AvgIpc) is 2.48. The highest BCUT2D eigenvalue weighted by Gasteiger charge is 2.26. The molecule has 0 spiro atoms. The Kier molecular flexibility index (Phi) is 3.87. The SMILES string of the molecule is CC1CCC(Nc2cc3c(cc2[N+](=O)[O-])OCC(=O)N3)CC1. The van der Waals surface area contributed by atoms with Gasteiger partial charge in [-0.1, -0.05) is 6.92 Å². The topological polar surface area (TPSA) is 93.5 Å². The second-order valence-corrected chi connectivity index (χ2v) is 6.06. The second kappa shape index (κ2) is 5.82. The molecule has 1 aromatic rings. The molecule has 1 heterocycles. The van der Waals surface area contributed by atoms with Gasteiger partial charge in [-0.3, -0.25) is 14.9 Å². The first kappa shape index (κ1) is 14.6. The molecule has 7 nitrogen and oxygen atoms in total. The van der Waals surface area contributed by atoms with E-state index in [-0.39, 0.29) is 24.2 Å². The van der Waals surface area contributed by atoms with Crippen LogP contribution in [-0.2, 0) is 4.79 Å². The van der Waals surface area contributed by atoms with Crippen molar-refractivity contribution < 1.29 is 14.5 Å². The van der Waals surface area contributed by atoms with Gasteiger partial charge in [0.15, 0.2) is 12.4 Å². The summed E-state index contributed by atoms with van der Waals surface area (Å²) in [6.45, 7) is 2.11. The zero-order valence-corrected chi connectivity index (χ0v) is 12.4. The fourth-order valence-corrected chi connectivity index (χ4v) is 3.01. The number of nitrogens with one attached hydrogen (secondary N) is 2. The zero-order chi connectivity index (χ0) is 15.7. The van der Waals surface area contributed by atoms with E-state index in [4.69, 9.17) is 4.74 Å². The maximum absolute atomic E-state index is 11.4. The number of fused-ring (bicyclic) bond motifs is 1. The van der Waals surface area contributed by atoms with Crippen LogP contribution in [0.15, 0.2) is 12.1 Å². The van der Waals surface area contributed by atoms with Crippen LogP contribution in [-0.4, -0.2) is 23.5 Å². The largest absolute Gasteiger partial charge is 0.481 e. The van der Waals surface area contributed by atoms with E-state index in [2.05, 4.69) is 17.6 Å². The lowest BCUT2D eigenvalue weighted by molar-refractivity contribution is -0.384. The molecule has 7 heteroatoms. The number of nitro benzene ring substituents is 1. The summed E-state index contributed by atoms with van der Waals surface area (Å²) >= 11 is 0. The average molecular weight is 305 g/mol. The normalized spacial score (nSPS) is 24.0. The van der Waals surface area contributed by atoms with Crippen LogP contribution in [0.25, 0.3) is 0 Å². The minimum atomic E-state index is -0.423. The summed E-state index contributed by atoms with van der Waals surface area (Å²) in [6, 6.07) is 3.21. The van der Waals surface area contributed by atoms with Crippen molar-refractivity contribution in [2.75, 3.05) is 17.2 Å². The van der Waals surface area contributed by atoms with Gasteiger partial charge >= 0.3 is 0 Å². The van der Waals surface area contributed by atoms with E-state index >= 15 is 0 Å². The Hall–Kier alpha value is -2.31. The molecule has 0 bridgehead atoms. The number of anilines is 2. The number of hydrogen-bond donors (Lipinski definition) is 2. The van der Waals surface area contributed by atoms with Crippen LogP contribution in [0.3, 0.4) is 0 Å².